The van der Waals surface area contributed by atoms with Gasteiger partial charge in [-0.2, -0.15) is 0 Å². The molecular weight excluding hydrogens is 264 g/mol. The molecule has 2 atom stereocenters. The molecule has 0 radical (unpaired) electrons. The standard InChI is InChI=1S/C14H25F2N3O/c1-14(17)5-3-2-4-11(14)13(20)19-8-6-18(7-9-19)10-12(15)16/h11-12H,2-10,17H2,1H3. The molecule has 2 fully saturated rings. The zero-order chi connectivity index (χ0) is 14.8. The van der Waals surface area contributed by atoms with Crippen molar-refractivity contribution in [2.45, 2.75) is 44.6 Å². The van der Waals surface area contributed by atoms with Crippen LogP contribution in [0.15, 0.2) is 0 Å². The van der Waals surface area contributed by atoms with Crippen LogP contribution >= 0.6 is 0 Å². The molecule has 1 saturated heterocycles. The Kier molecular flexibility index (Phi) is 4.96. The third kappa shape index (κ3) is 3.67. The van der Waals surface area contributed by atoms with Crippen LogP contribution in [0.4, 0.5) is 8.78 Å². The summed E-state index contributed by atoms with van der Waals surface area (Å²) in [5, 5.41) is 0. The van der Waals surface area contributed by atoms with Crippen molar-refractivity contribution in [1.82, 2.24) is 9.80 Å². The third-order valence-corrected chi connectivity index (χ3v) is 4.63. The Bertz CT molecular complexity index is 341. The van der Waals surface area contributed by atoms with Gasteiger partial charge in [0.05, 0.1) is 12.5 Å². The van der Waals surface area contributed by atoms with E-state index in [1.165, 1.54) is 0 Å². The summed E-state index contributed by atoms with van der Waals surface area (Å²) in [5.74, 6) is 0.00398. The van der Waals surface area contributed by atoms with Gasteiger partial charge in [0.2, 0.25) is 5.91 Å². The van der Waals surface area contributed by atoms with Gasteiger partial charge in [-0.05, 0) is 19.8 Å². The fourth-order valence-electron chi connectivity index (χ4n) is 3.33. The Morgan fingerprint density at radius 1 is 1.30 bits per heavy atom. The summed E-state index contributed by atoms with van der Waals surface area (Å²) in [4.78, 5) is 16.1. The molecule has 2 unspecified atom stereocenters. The minimum Gasteiger partial charge on any atom is -0.340 e. The lowest BCUT2D eigenvalue weighted by atomic mass is 9.74. The normalized spacial score (nSPS) is 32.6. The molecule has 116 valence electrons. The molecule has 0 aromatic rings. The van der Waals surface area contributed by atoms with Gasteiger partial charge >= 0.3 is 0 Å². The smallest absolute Gasteiger partial charge is 0.251 e. The molecule has 1 amide bonds. The number of hydrogen-bond acceptors (Lipinski definition) is 3. The fourth-order valence-corrected chi connectivity index (χ4v) is 3.33. The maximum Gasteiger partial charge on any atom is 0.251 e. The van der Waals surface area contributed by atoms with Gasteiger partial charge in [0, 0.05) is 31.7 Å². The fraction of sp³-hybridized carbons (Fsp3) is 0.929. The van der Waals surface area contributed by atoms with E-state index >= 15 is 0 Å². The maximum atomic E-state index is 12.6. The highest BCUT2D eigenvalue weighted by molar-refractivity contribution is 5.80. The molecule has 0 aromatic heterocycles. The van der Waals surface area contributed by atoms with Gasteiger partial charge < -0.3 is 10.6 Å². The SMILES string of the molecule is CC1(N)CCCCC1C(=O)N1CCN(CC(F)F)CC1. The van der Waals surface area contributed by atoms with Gasteiger partial charge in [-0.3, -0.25) is 9.69 Å². The van der Waals surface area contributed by atoms with Crippen molar-refractivity contribution in [3.63, 3.8) is 0 Å². The molecule has 0 spiro atoms. The number of nitrogens with two attached hydrogens (primary N) is 1. The van der Waals surface area contributed by atoms with Crippen LogP contribution in [0.3, 0.4) is 0 Å². The van der Waals surface area contributed by atoms with Crippen molar-refractivity contribution in [1.29, 1.82) is 0 Å². The number of piperazine rings is 1. The molecule has 0 bridgehead atoms. The first kappa shape index (κ1) is 15.6. The van der Waals surface area contributed by atoms with Crippen LogP contribution in [0, 0.1) is 5.92 Å². The predicted molar refractivity (Wildman–Crippen MR) is 73.6 cm³/mol. The molecule has 4 nitrogen and oxygen atoms in total. The number of nitrogens with zero attached hydrogens (tertiary/aromatic N) is 2. The van der Waals surface area contributed by atoms with E-state index in [1.54, 1.807) is 4.90 Å². The zero-order valence-electron chi connectivity index (χ0n) is 12.2. The minimum absolute atomic E-state index is 0.113. The van der Waals surface area contributed by atoms with E-state index in [4.69, 9.17) is 5.73 Å². The summed E-state index contributed by atoms with van der Waals surface area (Å²) in [7, 11) is 0. The van der Waals surface area contributed by atoms with Gasteiger partial charge in [-0.15, -0.1) is 0 Å². The average molecular weight is 289 g/mol. The first-order chi connectivity index (χ1) is 9.40. The summed E-state index contributed by atoms with van der Waals surface area (Å²) in [5.41, 5.74) is 5.84. The van der Waals surface area contributed by atoms with E-state index in [1.807, 2.05) is 11.8 Å². The first-order valence-corrected chi connectivity index (χ1v) is 7.48. The van der Waals surface area contributed by atoms with Gasteiger partial charge in [0.25, 0.3) is 6.43 Å². The molecule has 20 heavy (non-hydrogen) atoms. The van der Waals surface area contributed by atoms with E-state index in [9.17, 15) is 13.6 Å². The number of halogens is 2. The Hall–Kier alpha value is -0.750. The zero-order valence-corrected chi connectivity index (χ0v) is 12.2. The lowest BCUT2D eigenvalue weighted by Crippen LogP contribution is -2.57. The van der Waals surface area contributed by atoms with Gasteiger partial charge in [0.1, 0.15) is 0 Å². The number of amides is 1. The highest BCUT2D eigenvalue weighted by Crippen LogP contribution is 2.33. The molecular formula is C14H25F2N3O. The topological polar surface area (TPSA) is 49.6 Å². The van der Waals surface area contributed by atoms with Crippen LogP contribution in [-0.2, 0) is 4.79 Å². The second-order valence-electron chi connectivity index (χ2n) is 6.32. The average Bonchev–Trinajstić information content (AvgIpc) is 2.37. The third-order valence-electron chi connectivity index (χ3n) is 4.63. The van der Waals surface area contributed by atoms with Gasteiger partial charge in [-0.1, -0.05) is 12.8 Å². The van der Waals surface area contributed by atoms with Crippen LogP contribution in [0.25, 0.3) is 0 Å². The van der Waals surface area contributed by atoms with E-state index in [0.717, 1.165) is 25.7 Å². The Morgan fingerprint density at radius 3 is 2.50 bits per heavy atom. The summed E-state index contributed by atoms with van der Waals surface area (Å²) >= 11 is 0. The minimum atomic E-state index is -2.30. The second-order valence-corrected chi connectivity index (χ2v) is 6.32. The van der Waals surface area contributed by atoms with Crippen molar-refractivity contribution in [2.75, 3.05) is 32.7 Å². The molecule has 1 aliphatic carbocycles. The first-order valence-electron chi connectivity index (χ1n) is 7.48. The van der Waals surface area contributed by atoms with E-state index in [2.05, 4.69) is 0 Å². The van der Waals surface area contributed by atoms with Crippen molar-refractivity contribution < 1.29 is 13.6 Å². The molecule has 1 aliphatic heterocycles. The monoisotopic (exact) mass is 289 g/mol. The Morgan fingerprint density at radius 2 is 1.95 bits per heavy atom. The lowest BCUT2D eigenvalue weighted by molar-refractivity contribution is -0.140. The molecule has 1 saturated carbocycles. The van der Waals surface area contributed by atoms with E-state index in [-0.39, 0.29) is 18.4 Å². The van der Waals surface area contributed by atoms with E-state index < -0.39 is 12.0 Å². The van der Waals surface area contributed by atoms with Gasteiger partial charge in [0.15, 0.2) is 0 Å². The Balaban J connectivity index is 1.88. The number of carbonyl (C=O) groups is 1. The highest BCUT2D eigenvalue weighted by atomic mass is 19.3. The summed E-state index contributed by atoms with van der Waals surface area (Å²) < 4.78 is 24.7. The van der Waals surface area contributed by atoms with Crippen LogP contribution in [0.5, 0.6) is 0 Å². The van der Waals surface area contributed by atoms with Crippen molar-refractivity contribution in [2.24, 2.45) is 11.7 Å². The largest absolute Gasteiger partial charge is 0.340 e. The van der Waals surface area contributed by atoms with Crippen molar-refractivity contribution >= 4 is 5.91 Å². The van der Waals surface area contributed by atoms with Crippen LogP contribution in [-0.4, -0.2) is 60.4 Å². The highest BCUT2D eigenvalue weighted by Gasteiger charge is 2.40. The molecule has 2 rings (SSSR count). The quantitative estimate of drug-likeness (QED) is 0.852. The molecule has 0 aromatic carbocycles. The number of hydrogen-bond donors (Lipinski definition) is 1. The predicted octanol–water partition coefficient (Wildman–Crippen LogP) is 1.30. The maximum absolute atomic E-state index is 12.6. The van der Waals surface area contributed by atoms with Crippen LogP contribution in [0.2, 0.25) is 0 Å². The molecule has 2 aliphatic rings. The summed E-state index contributed by atoms with van der Waals surface area (Å²) in [6, 6.07) is 0. The van der Waals surface area contributed by atoms with Crippen molar-refractivity contribution in [3.05, 3.63) is 0 Å². The molecule has 1 heterocycles. The molecule has 2 N–H and O–H groups in total. The number of carbonyl (C=O) groups excluding carboxylic acids is 1. The lowest BCUT2D eigenvalue weighted by Gasteiger charge is -2.42. The second kappa shape index (κ2) is 6.35. The number of rotatable bonds is 3. The summed E-state index contributed by atoms with van der Waals surface area (Å²) in [6.07, 6.45) is 1.56. The van der Waals surface area contributed by atoms with Crippen molar-refractivity contribution in [3.8, 4) is 0 Å². The van der Waals surface area contributed by atoms with E-state index in [0.29, 0.717) is 26.2 Å². The van der Waals surface area contributed by atoms with Crippen LogP contribution < -0.4 is 5.73 Å². The Labute approximate surface area is 119 Å². The van der Waals surface area contributed by atoms with Crippen LogP contribution in [0.1, 0.15) is 32.6 Å². The van der Waals surface area contributed by atoms with Gasteiger partial charge in [-0.25, -0.2) is 8.78 Å². The molecule has 6 heteroatoms. The summed E-state index contributed by atoms with van der Waals surface area (Å²) in [6.45, 7) is 3.91. The number of alkyl halides is 2.